The highest BCUT2D eigenvalue weighted by molar-refractivity contribution is 6.31. The highest BCUT2D eigenvalue weighted by atomic mass is 35.5. The molecule has 10 nitrogen and oxygen atoms in total. The lowest BCUT2D eigenvalue weighted by atomic mass is 9.98. The average molecular weight is 674 g/mol. The minimum Gasteiger partial charge on any atom is -0.444 e. The maximum absolute atomic E-state index is 13.2. The number of carbonyl (C=O) groups excluding carboxylic acids is 3. The predicted molar refractivity (Wildman–Crippen MR) is 174 cm³/mol. The summed E-state index contributed by atoms with van der Waals surface area (Å²) in [5, 5.41) is 18.5. The largest absolute Gasteiger partial charge is 0.444 e. The van der Waals surface area contributed by atoms with Crippen LogP contribution in [0.25, 0.3) is 16.6 Å². The van der Waals surface area contributed by atoms with Gasteiger partial charge in [-0.1, -0.05) is 31.9 Å². The first-order valence-corrected chi connectivity index (χ1v) is 15.0. The summed E-state index contributed by atoms with van der Waals surface area (Å²) in [4.78, 5) is 38.1. The number of halogens is 4. The highest BCUT2D eigenvalue weighted by Crippen LogP contribution is 2.37. The number of rotatable bonds is 8. The Morgan fingerprint density at radius 2 is 1.62 bits per heavy atom. The van der Waals surface area contributed by atoms with Gasteiger partial charge in [0.05, 0.1) is 21.8 Å². The number of carbonyl (C=O) groups is 3. The van der Waals surface area contributed by atoms with E-state index in [4.69, 9.17) is 16.3 Å². The summed E-state index contributed by atoms with van der Waals surface area (Å²) < 4.78 is 46.8. The van der Waals surface area contributed by atoms with Gasteiger partial charge in [0.15, 0.2) is 0 Å². The van der Waals surface area contributed by atoms with Gasteiger partial charge >= 0.3 is 18.3 Å². The second kappa shape index (κ2) is 13.9. The van der Waals surface area contributed by atoms with E-state index in [1.54, 1.807) is 57.2 Å². The molecule has 4 amide bonds. The van der Waals surface area contributed by atoms with Gasteiger partial charge in [-0.2, -0.15) is 18.2 Å². The molecule has 250 valence electrons. The van der Waals surface area contributed by atoms with E-state index >= 15 is 0 Å². The smallest absolute Gasteiger partial charge is 0.417 e. The Morgan fingerprint density at radius 1 is 0.957 bits per heavy atom. The number of nitrogens with one attached hydrogen (secondary N) is 3. The standard InChI is InChI=1S/C33H35ClF3N5O5/c1-6-19(2)28(40-31(45)47-32(3,4)5)29(43)38-22-9-14-27-20(17-22)15-16-41(27)23-10-7-21(8-11-23)39-30(44)42(46)24-12-13-26(34)25(18-24)33(35,36)37/h7-19,28,46H,6H2,1-5H3,(H,38,43)(H,39,44)(H,40,45)/t19-,28?/m0/s1. The van der Waals surface area contributed by atoms with Gasteiger partial charge < -0.3 is 25.3 Å². The lowest BCUT2D eigenvalue weighted by Gasteiger charge is -2.26. The van der Waals surface area contributed by atoms with Gasteiger partial charge in [-0.05, 0) is 93.4 Å². The molecular formula is C33H35ClF3N5O5. The van der Waals surface area contributed by atoms with Crippen LogP contribution in [-0.4, -0.2) is 39.4 Å². The van der Waals surface area contributed by atoms with Crippen molar-refractivity contribution in [3.05, 3.63) is 83.5 Å². The molecule has 0 saturated heterocycles. The lowest BCUT2D eigenvalue weighted by Crippen LogP contribution is -2.49. The van der Waals surface area contributed by atoms with E-state index in [9.17, 15) is 32.8 Å². The van der Waals surface area contributed by atoms with E-state index in [1.165, 1.54) is 0 Å². The van der Waals surface area contributed by atoms with Crippen LogP contribution in [0.15, 0.2) is 72.9 Å². The molecule has 0 saturated carbocycles. The Kier molecular flexibility index (Phi) is 10.4. The molecule has 0 aliphatic heterocycles. The third-order valence-electron chi connectivity index (χ3n) is 7.21. The number of aromatic nitrogens is 1. The number of alkyl carbamates (subject to hydrolysis) is 1. The van der Waals surface area contributed by atoms with Crippen LogP contribution in [0.5, 0.6) is 0 Å². The van der Waals surface area contributed by atoms with Crippen LogP contribution in [0.3, 0.4) is 0 Å². The normalized spacial score (nSPS) is 13.1. The van der Waals surface area contributed by atoms with Crippen molar-refractivity contribution < 1.29 is 37.5 Å². The first-order chi connectivity index (χ1) is 22.0. The van der Waals surface area contributed by atoms with Crippen LogP contribution in [0, 0.1) is 5.92 Å². The molecule has 2 atom stereocenters. The van der Waals surface area contributed by atoms with E-state index in [0.717, 1.165) is 28.7 Å². The summed E-state index contributed by atoms with van der Waals surface area (Å²) in [5.41, 5.74) is 0.0382. The summed E-state index contributed by atoms with van der Waals surface area (Å²) in [6.07, 6.45) is -2.97. The molecule has 0 spiro atoms. The molecule has 0 aliphatic carbocycles. The van der Waals surface area contributed by atoms with Crippen LogP contribution >= 0.6 is 11.6 Å². The lowest BCUT2D eigenvalue weighted by molar-refractivity contribution is -0.137. The minimum atomic E-state index is -4.77. The summed E-state index contributed by atoms with van der Waals surface area (Å²) in [7, 11) is 0. The monoisotopic (exact) mass is 673 g/mol. The third kappa shape index (κ3) is 8.74. The van der Waals surface area contributed by atoms with E-state index in [0.29, 0.717) is 18.2 Å². The van der Waals surface area contributed by atoms with Crippen molar-refractivity contribution in [3.8, 4) is 5.69 Å². The van der Waals surface area contributed by atoms with Crippen molar-refractivity contribution >= 4 is 57.6 Å². The number of ether oxygens (including phenoxy) is 1. The SMILES string of the molecule is CC[C@H](C)C(NC(=O)OC(C)(C)C)C(=O)Nc1ccc2c(ccn2-c2ccc(NC(=O)N(O)c3ccc(Cl)c(C(F)(F)F)c3)cc2)c1. The number of benzene rings is 3. The molecule has 0 radical (unpaired) electrons. The Morgan fingerprint density at radius 3 is 2.23 bits per heavy atom. The van der Waals surface area contributed by atoms with Gasteiger partial charge in [0.1, 0.15) is 11.6 Å². The van der Waals surface area contributed by atoms with Crippen molar-refractivity contribution in [2.24, 2.45) is 5.92 Å². The summed E-state index contributed by atoms with van der Waals surface area (Å²) in [6, 6.07) is 14.5. The maximum atomic E-state index is 13.2. The summed E-state index contributed by atoms with van der Waals surface area (Å²) in [6.45, 7) is 9.03. The van der Waals surface area contributed by atoms with Crippen LogP contribution in [0.1, 0.15) is 46.6 Å². The van der Waals surface area contributed by atoms with Crippen molar-refractivity contribution in [1.29, 1.82) is 0 Å². The number of hydroxylamine groups is 1. The van der Waals surface area contributed by atoms with E-state index in [-0.39, 0.29) is 22.6 Å². The zero-order valence-electron chi connectivity index (χ0n) is 26.3. The number of nitrogens with zero attached hydrogens (tertiary/aromatic N) is 2. The molecular weight excluding hydrogens is 639 g/mol. The van der Waals surface area contributed by atoms with Crippen LogP contribution in [0.2, 0.25) is 5.02 Å². The zero-order chi connectivity index (χ0) is 34.7. The average Bonchev–Trinajstić information content (AvgIpc) is 3.41. The molecule has 0 aliphatic rings. The number of anilines is 3. The molecule has 0 bridgehead atoms. The quantitative estimate of drug-likeness (QED) is 0.110. The zero-order valence-corrected chi connectivity index (χ0v) is 27.0. The maximum Gasteiger partial charge on any atom is 0.417 e. The number of alkyl halides is 3. The molecule has 0 fully saturated rings. The Hall–Kier alpha value is -4.75. The van der Waals surface area contributed by atoms with Gasteiger partial charge in [0.25, 0.3) is 0 Å². The van der Waals surface area contributed by atoms with Crippen LogP contribution in [-0.2, 0) is 15.7 Å². The van der Waals surface area contributed by atoms with Crippen LogP contribution < -0.4 is 21.0 Å². The fourth-order valence-electron chi connectivity index (χ4n) is 4.66. The molecule has 1 heterocycles. The van der Waals surface area contributed by atoms with E-state index in [1.807, 2.05) is 36.7 Å². The Bertz CT molecular complexity index is 1770. The molecule has 4 N–H and O–H groups in total. The van der Waals surface area contributed by atoms with Gasteiger partial charge in [0.2, 0.25) is 5.91 Å². The number of hydrogen-bond donors (Lipinski definition) is 4. The molecule has 4 aromatic rings. The van der Waals surface area contributed by atoms with Gasteiger partial charge in [-0.15, -0.1) is 0 Å². The number of amides is 4. The summed E-state index contributed by atoms with van der Waals surface area (Å²) in [5.74, 6) is -0.528. The summed E-state index contributed by atoms with van der Waals surface area (Å²) >= 11 is 5.62. The van der Waals surface area contributed by atoms with Gasteiger partial charge in [-0.3, -0.25) is 10.0 Å². The molecule has 47 heavy (non-hydrogen) atoms. The Labute approximate surface area is 274 Å². The fraction of sp³-hybridized carbons (Fsp3) is 0.303. The van der Waals surface area contributed by atoms with Crippen LogP contribution in [0.4, 0.5) is 39.8 Å². The number of fused-ring (bicyclic) bond motifs is 1. The van der Waals surface area contributed by atoms with Crippen molar-refractivity contribution in [1.82, 2.24) is 9.88 Å². The molecule has 3 aromatic carbocycles. The van der Waals surface area contributed by atoms with Crippen molar-refractivity contribution in [3.63, 3.8) is 0 Å². The first kappa shape index (κ1) is 35.1. The van der Waals surface area contributed by atoms with E-state index in [2.05, 4.69) is 16.0 Å². The Balaban J connectivity index is 1.45. The highest BCUT2D eigenvalue weighted by Gasteiger charge is 2.34. The minimum absolute atomic E-state index is 0.0635. The molecule has 4 rings (SSSR count). The van der Waals surface area contributed by atoms with E-state index < -0.39 is 46.2 Å². The topological polar surface area (TPSA) is 125 Å². The molecule has 1 unspecified atom stereocenters. The molecule has 14 heteroatoms. The number of urea groups is 1. The number of hydrogen-bond acceptors (Lipinski definition) is 5. The third-order valence-corrected chi connectivity index (χ3v) is 7.54. The van der Waals surface area contributed by atoms with Crippen molar-refractivity contribution in [2.75, 3.05) is 15.7 Å². The fourth-order valence-corrected chi connectivity index (χ4v) is 4.89. The predicted octanol–water partition coefficient (Wildman–Crippen LogP) is 8.61. The second-order valence-corrected chi connectivity index (χ2v) is 12.3. The first-order valence-electron chi connectivity index (χ1n) is 14.7. The van der Waals surface area contributed by atoms with Crippen molar-refractivity contribution in [2.45, 2.75) is 58.9 Å². The van der Waals surface area contributed by atoms with Gasteiger partial charge in [0, 0.05) is 28.6 Å². The van der Waals surface area contributed by atoms with Gasteiger partial charge in [-0.25, -0.2) is 9.59 Å². The second-order valence-electron chi connectivity index (χ2n) is 11.9. The molecule has 1 aromatic heterocycles.